The van der Waals surface area contributed by atoms with Crippen molar-refractivity contribution in [2.45, 2.75) is 51.9 Å². The molecule has 0 atom stereocenters. The first kappa shape index (κ1) is 20.3. The number of hydrogen-bond donors (Lipinski definition) is 1. The van der Waals surface area contributed by atoms with E-state index in [1.54, 1.807) is 0 Å². The molecule has 1 aliphatic rings. The van der Waals surface area contributed by atoms with Gasteiger partial charge >= 0.3 is 0 Å². The first-order chi connectivity index (χ1) is 14.6. The molecule has 4 rings (SSSR count). The second kappa shape index (κ2) is 9.24. The predicted molar refractivity (Wildman–Crippen MR) is 113 cm³/mol. The Bertz CT molecular complexity index is 985. The Hall–Kier alpha value is -2.96. The molecule has 0 bridgehead atoms. The van der Waals surface area contributed by atoms with Crippen molar-refractivity contribution < 1.29 is 8.78 Å². The van der Waals surface area contributed by atoms with E-state index in [1.807, 2.05) is 37.5 Å². The van der Waals surface area contributed by atoms with Gasteiger partial charge in [0.25, 0.3) is 6.43 Å². The predicted octanol–water partition coefficient (Wildman–Crippen LogP) is 6.05. The van der Waals surface area contributed by atoms with Crippen LogP contribution in [0.2, 0.25) is 0 Å². The molecule has 0 radical (unpaired) electrons. The Morgan fingerprint density at radius 3 is 2.50 bits per heavy atom. The third-order valence-corrected chi connectivity index (χ3v) is 5.47. The van der Waals surface area contributed by atoms with Crippen molar-refractivity contribution in [1.29, 1.82) is 0 Å². The number of halogens is 2. The zero-order chi connectivity index (χ0) is 20.9. The quantitative estimate of drug-likeness (QED) is 0.537. The van der Waals surface area contributed by atoms with Gasteiger partial charge in [-0.3, -0.25) is 0 Å². The fourth-order valence-corrected chi connectivity index (χ4v) is 3.96. The molecule has 0 spiro atoms. The van der Waals surface area contributed by atoms with Crippen molar-refractivity contribution >= 4 is 11.6 Å². The highest BCUT2D eigenvalue weighted by atomic mass is 19.3. The molecular weight excluding hydrogens is 384 g/mol. The lowest BCUT2D eigenvalue weighted by Gasteiger charge is -2.20. The Labute approximate surface area is 175 Å². The smallest absolute Gasteiger partial charge is 0.280 e. The monoisotopic (exact) mass is 409 g/mol. The summed E-state index contributed by atoms with van der Waals surface area (Å²) in [4.78, 5) is 17.1. The summed E-state index contributed by atoms with van der Waals surface area (Å²) in [7, 11) is 0. The normalized spacial score (nSPS) is 14.8. The summed E-state index contributed by atoms with van der Waals surface area (Å²) in [6.07, 6.45) is 9.86. The molecular formula is C23H25F2N5. The largest absolute Gasteiger partial charge is 0.324 e. The molecule has 0 saturated heterocycles. The second-order valence-corrected chi connectivity index (χ2v) is 7.91. The second-order valence-electron chi connectivity index (χ2n) is 7.91. The lowest BCUT2D eigenvalue weighted by molar-refractivity contribution is 0.146. The van der Waals surface area contributed by atoms with E-state index in [2.05, 4.69) is 25.3 Å². The highest BCUT2D eigenvalue weighted by Gasteiger charge is 2.15. The zero-order valence-electron chi connectivity index (χ0n) is 17.0. The minimum absolute atomic E-state index is 0.142. The molecule has 0 unspecified atom stereocenters. The number of aromatic nitrogens is 4. The maximum Gasteiger partial charge on any atom is 0.280 e. The average molecular weight is 409 g/mol. The molecule has 1 N–H and O–H groups in total. The summed E-state index contributed by atoms with van der Waals surface area (Å²) in [5.41, 5.74) is 3.31. The van der Waals surface area contributed by atoms with Gasteiger partial charge < -0.3 is 5.32 Å². The van der Waals surface area contributed by atoms with E-state index in [0.29, 0.717) is 5.92 Å². The van der Waals surface area contributed by atoms with Crippen LogP contribution in [-0.2, 0) is 6.42 Å². The molecule has 5 nitrogen and oxygen atoms in total. The molecule has 156 valence electrons. The van der Waals surface area contributed by atoms with Crippen LogP contribution in [0.4, 0.5) is 20.4 Å². The molecule has 2 aromatic heterocycles. The first-order valence-electron chi connectivity index (χ1n) is 10.4. The summed E-state index contributed by atoms with van der Waals surface area (Å²) in [5.74, 6) is 1.74. The Morgan fingerprint density at radius 2 is 1.77 bits per heavy atom. The SMILES string of the molecule is Cc1cc(Nc2nccc(C(F)F)n2)cc(-c2cnc(CC3CCCCC3)nc2)c1. The van der Waals surface area contributed by atoms with Crippen LogP contribution in [0.15, 0.2) is 42.9 Å². The number of hydrogen-bond acceptors (Lipinski definition) is 5. The van der Waals surface area contributed by atoms with Crippen molar-refractivity contribution in [3.63, 3.8) is 0 Å². The van der Waals surface area contributed by atoms with E-state index in [1.165, 1.54) is 44.4 Å². The van der Waals surface area contributed by atoms with E-state index < -0.39 is 6.43 Å². The lowest BCUT2D eigenvalue weighted by Crippen LogP contribution is -2.11. The molecule has 1 saturated carbocycles. The summed E-state index contributed by atoms with van der Waals surface area (Å²) in [5, 5.41) is 3.02. The van der Waals surface area contributed by atoms with Crippen LogP contribution < -0.4 is 5.32 Å². The van der Waals surface area contributed by atoms with E-state index in [0.717, 1.165) is 34.6 Å². The van der Waals surface area contributed by atoms with E-state index in [-0.39, 0.29) is 11.6 Å². The molecule has 1 aromatic carbocycles. The molecule has 3 aromatic rings. The third-order valence-electron chi connectivity index (χ3n) is 5.47. The number of benzene rings is 1. The van der Waals surface area contributed by atoms with Gasteiger partial charge in [-0.05, 0) is 42.2 Å². The highest BCUT2D eigenvalue weighted by molar-refractivity contribution is 5.69. The van der Waals surface area contributed by atoms with Gasteiger partial charge in [0.1, 0.15) is 11.5 Å². The van der Waals surface area contributed by atoms with Gasteiger partial charge in [0.2, 0.25) is 5.95 Å². The number of aryl methyl sites for hydroxylation is 1. The Morgan fingerprint density at radius 1 is 1.00 bits per heavy atom. The molecule has 30 heavy (non-hydrogen) atoms. The molecule has 1 aliphatic carbocycles. The maximum absolute atomic E-state index is 12.9. The summed E-state index contributed by atoms with van der Waals surface area (Å²) in [6.45, 7) is 1.98. The fourth-order valence-electron chi connectivity index (χ4n) is 3.96. The standard InChI is InChI=1S/C23H25F2N5/c1-15-9-17(12-19(10-15)29-23-26-8-7-20(30-23)22(24)25)18-13-27-21(28-14-18)11-16-5-3-2-4-6-16/h7-10,12-14,16,22H,2-6,11H2,1H3,(H,26,29,30). The number of anilines is 2. The molecule has 0 aliphatic heterocycles. The van der Waals surface area contributed by atoms with Crippen LogP contribution in [-0.4, -0.2) is 19.9 Å². The van der Waals surface area contributed by atoms with Crippen molar-refractivity contribution in [1.82, 2.24) is 19.9 Å². The Kier molecular flexibility index (Phi) is 6.26. The zero-order valence-corrected chi connectivity index (χ0v) is 17.0. The van der Waals surface area contributed by atoms with Crippen LogP contribution in [0.3, 0.4) is 0 Å². The minimum atomic E-state index is -2.63. The summed E-state index contributed by atoms with van der Waals surface area (Å²) in [6, 6.07) is 7.09. The van der Waals surface area contributed by atoms with Crippen molar-refractivity contribution in [3.05, 3.63) is 59.9 Å². The van der Waals surface area contributed by atoms with Gasteiger partial charge in [0.15, 0.2) is 0 Å². The van der Waals surface area contributed by atoms with Crippen LogP contribution in [0.1, 0.15) is 55.6 Å². The van der Waals surface area contributed by atoms with E-state index >= 15 is 0 Å². The minimum Gasteiger partial charge on any atom is -0.324 e. The van der Waals surface area contributed by atoms with Gasteiger partial charge in [-0.1, -0.05) is 38.2 Å². The molecule has 1 fully saturated rings. The average Bonchev–Trinajstić information content (AvgIpc) is 2.75. The fraction of sp³-hybridized carbons (Fsp3) is 0.391. The van der Waals surface area contributed by atoms with Gasteiger partial charge in [-0.25, -0.2) is 28.7 Å². The van der Waals surface area contributed by atoms with Gasteiger partial charge in [-0.15, -0.1) is 0 Å². The van der Waals surface area contributed by atoms with E-state index in [4.69, 9.17) is 0 Å². The van der Waals surface area contributed by atoms with Crippen LogP contribution >= 0.6 is 0 Å². The number of rotatable bonds is 6. The summed E-state index contributed by atoms with van der Waals surface area (Å²) < 4.78 is 25.8. The molecule has 0 amide bonds. The number of alkyl halides is 2. The van der Waals surface area contributed by atoms with Gasteiger partial charge in [0, 0.05) is 36.3 Å². The van der Waals surface area contributed by atoms with E-state index in [9.17, 15) is 8.78 Å². The lowest BCUT2D eigenvalue weighted by atomic mass is 9.87. The molecule has 7 heteroatoms. The number of nitrogens with one attached hydrogen (secondary N) is 1. The van der Waals surface area contributed by atoms with Crippen molar-refractivity contribution in [3.8, 4) is 11.1 Å². The number of nitrogens with zero attached hydrogens (tertiary/aromatic N) is 4. The van der Waals surface area contributed by atoms with Gasteiger partial charge in [-0.2, -0.15) is 0 Å². The highest BCUT2D eigenvalue weighted by Crippen LogP contribution is 2.28. The van der Waals surface area contributed by atoms with Crippen LogP contribution in [0.5, 0.6) is 0 Å². The van der Waals surface area contributed by atoms with Gasteiger partial charge in [0.05, 0.1) is 0 Å². The Balaban J connectivity index is 1.50. The van der Waals surface area contributed by atoms with Crippen LogP contribution in [0.25, 0.3) is 11.1 Å². The first-order valence-corrected chi connectivity index (χ1v) is 10.4. The van der Waals surface area contributed by atoms with Crippen molar-refractivity contribution in [2.24, 2.45) is 5.92 Å². The maximum atomic E-state index is 12.9. The summed E-state index contributed by atoms with van der Waals surface area (Å²) >= 11 is 0. The topological polar surface area (TPSA) is 63.6 Å². The van der Waals surface area contributed by atoms with Crippen molar-refractivity contribution in [2.75, 3.05) is 5.32 Å². The van der Waals surface area contributed by atoms with Crippen LogP contribution in [0, 0.1) is 12.8 Å². The molecule has 2 heterocycles. The third kappa shape index (κ3) is 5.14.